The van der Waals surface area contributed by atoms with Gasteiger partial charge in [0.2, 0.25) is 11.8 Å². The van der Waals surface area contributed by atoms with E-state index in [1.165, 1.54) is 10.4 Å². The summed E-state index contributed by atoms with van der Waals surface area (Å²) >= 11 is 1.72. The Morgan fingerprint density at radius 2 is 1.94 bits per heavy atom. The Morgan fingerprint density at radius 1 is 1.18 bits per heavy atom. The molecule has 2 aliphatic rings. The normalized spacial score (nSPS) is 23.1. The Morgan fingerprint density at radius 3 is 2.64 bits per heavy atom. The van der Waals surface area contributed by atoms with Crippen LogP contribution in [0.5, 0.6) is 5.88 Å². The predicted octanol–water partition coefficient (Wildman–Crippen LogP) is 4.59. The van der Waals surface area contributed by atoms with Crippen LogP contribution in [0, 0.1) is 0 Å². The SMILES string of the molecule is CC(C)(C)OC(=O)N[C@H]1CC[C@H](Oc2ncnc3sc4c(c23)[C@H](CCC(N)=O)CCC4)CC1. The number of primary amides is 1. The molecule has 0 bridgehead atoms. The second-order valence-electron chi connectivity index (χ2n) is 10.1. The zero-order valence-corrected chi connectivity index (χ0v) is 20.5. The zero-order chi connectivity index (χ0) is 23.6. The lowest BCUT2D eigenvalue weighted by Crippen LogP contribution is -2.42. The van der Waals surface area contributed by atoms with Gasteiger partial charge in [0.15, 0.2) is 0 Å². The third kappa shape index (κ3) is 5.93. The van der Waals surface area contributed by atoms with Crippen molar-refractivity contribution in [3.05, 3.63) is 16.8 Å². The number of alkyl carbamates (subject to hydrolysis) is 1. The molecule has 1 atom stereocenters. The minimum atomic E-state index is -0.502. The van der Waals surface area contributed by atoms with Gasteiger partial charge in [-0.1, -0.05) is 0 Å². The number of nitrogens with zero attached hydrogens (tertiary/aromatic N) is 2. The van der Waals surface area contributed by atoms with E-state index in [1.807, 2.05) is 20.8 Å². The van der Waals surface area contributed by atoms with Gasteiger partial charge < -0.3 is 20.5 Å². The number of nitrogens with one attached hydrogen (secondary N) is 1. The van der Waals surface area contributed by atoms with Gasteiger partial charge in [0.25, 0.3) is 0 Å². The van der Waals surface area contributed by atoms with Crippen LogP contribution in [0.1, 0.15) is 88.5 Å². The number of rotatable bonds is 6. The lowest BCUT2D eigenvalue weighted by molar-refractivity contribution is -0.118. The molecular formula is C24H34N4O4S. The van der Waals surface area contributed by atoms with E-state index in [-0.39, 0.29) is 30.1 Å². The molecule has 0 aromatic carbocycles. The fraction of sp³-hybridized carbons (Fsp3) is 0.667. The molecule has 180 valence electrons. The number of hydrogen-bond acceptors (Lipinski definition) is 7. The molecule has 1 fully saturated rings. The summed E-state index contributed by atoms with van der Waals surface area (Å²) in [7, 11) is 0. The standard InChI is InChI=1S/C24H34N4O4S/c1-24(2,3)32-23(30)28-15-8-10-16(11-9-15)31-21-20-19-14(7-12-18(25)29)5-4-6-17(19)33-22(20)27-13-26-21/h13-16H,4-12H2,1-3H3,(H2,25,29)(H,28,30)/t14-,15-,16-/m0/s1. The van der Waals surface area contributed by atoms with Crippen molar-refractivity contribution >= 4 is 33.6 Å². The molecule has 0 spiro atoms. The van der Waals surface area contributed by atoms with E-state index < -0.39 is 5.60 Å². The van der Waals surface area contributed by atoms with E-state index in [4.69, 9.17) is 15.2 Å². The second kappa shape index (κ2) is 9.83. The van der Waals surface area contributed by atoms with Crippen LogP contribution in [-0.4, -0.2) is 39.7 Å². The first-order chi connectivity index (χ1) is 15.7. The number of amides is 2. The highest BCUT2D eigenvalue weighted by atomic mass is 32.1. The van der Waals surface area contributed by atoms with Gasteiger partial charge in [-0.2, -0.15) is 0 Å². The maximum absolute atomic E-state index is 12.1. The highest BCUT2D eigenvalue weighted by Crippen LogP contribution is 2.46. The van der Waals surface area contributed by atoms with Crippen LogP contribution in [0.3, 0.4) is 0 Å². The molecule has 33 heavy (non-hydrogen) atoms. The van der Waals surface area contributed by atoms with Crippen molar-refractivity contribution in [1.29, 1.82) is 0 Å². The van der Waals surface area contributed by atoms with Crippen LogP contribution in [-0.2, 0) is 16.0 Å². The Labute approximate surface area is 198 Å². The number of carbonyl (C=O) groups excluding carboxylic acids is 2. The molecule has 2 aromatic heterocycles. The summed E-state index contributed by atoms with van der Waals surface area (Å²) in [5.41, 5.74) is 6.18. The van der Waals surface area contributed by atoms with Gasteiger partial charge >= 0.3 is 6.09 Å². The van der Waals surface area contributed by atoms with E-state index in [0.717, 1.165) is 61.6 Å². The van der Waals surface area contributed by atoms with Gasteiger partial charge in [-0.15, -0.1) is 11.3 Å². The molecule has 3 N–H and O–H groups in total. The Kier molecular flexibility index (Phi) is 7.07. The fourth-order valence-corrected chi connectivity index (χ4v) is 6.15. The van der Waals surface area contributed by atoms with E-state index in [9.17, 15) is 9.59 Å². The van der Waals surface area contributed by atoms with Crippen molar-refractivity contribution in [3.8, 4) is 5.88 Å². The first kappa shape index (κ1) is 23.7. The Hall–Kier alpha value is -2.42. The van der Waals surface area contributed by atoms with Gasteiger partial charge in [0.05, 0.1) is 5.39 Å². The lowest BCUT2D eigenvalue weighted by Gasteiger charge is -2.30. The molecule has 0 aliphatic heterocycles. The molecule has 0 saturated heterocycles. The highest BCUT2D eigenvalue weighted by molar-refractivity contribution is 7.18. The van der Waals surface area contributed by atoms with Crippen LogP contribution in [0.25, 0.3) is 10.2 Å². The first-order valence-corrected chi connectivity index (χ1v) is 12.7. The largest absolute Gasteiger partial charge is 0.474 e. The number of ether oxygens (including phenoxy) is 2. The maximum Gasteiger partial charge on any atom is 0.407 e. The topological polar surface area (TPSA) is 116 Å². The van der Waals surface area contributed by atoms with Crippen LogP contribution in [0.4, 0.5) is 4.79 Å². The molecule has 4 rings (SSSR count). The van der Waals surface area contributed by atoms with Crippen molar-refractivity contribution in [1.82, 2.24) is 15.3 Å². The van der Waals surface area contributed by atoms with Gasteiger partial charge in [-0.25, -0.2) is 14.8 Å². The van der Waals surface area contributed by atoms with Crippen LogP contribution in [0.15, 0.2) is 6.33 Å². The molecule has 2 aliphatic carbocycles. The van der Waals surface area contributed by atoms with Gasteiger partial charge in [-0.05, 0) is 83.6 Å². The van der Waals surface area contributed by atoms with Crippen molar-refractivity contribution in [2.24, 2.45) is 5.73 Å². The van der Waals surface area contributed by atoms with Gasteiger partial charge in [0.1, 0.15) is 22.9 Å². The smallest absolute Gasteiger partial charge is 0.407 e. The Bertz CT molecular complexity index is 1010. The highest BCUT2D eigenvalue weighted by Gasteiger charge is 2.30. The van der Waals surface area contributed by atoms with Crippen molar-refractivity contribution in [3.63, 3.8) is 0 Å². The van der Waals surface area contributed by atoms with Crippen molar-refractivity contribution in [2.45, 2.75) is 102 Å². The average molecular weight is 475 g/mol. The molecule has 9 heteroatoms. The Balaban J connectivity index is 1.44. The first-order valence-electron chi connectivity index (χ1n) is 11.9. The van der Waals surface area contributed by atoms with E-state index in [0.29, 0.717) is 12.3 Å². The molecule has 0 radical (unpaired) electrons. The average Bonchev–Trinajstić information content (AvgIpc) is 3.12. The predicted molar refractivity (Wildman–Crippen MR) is 128 cm³/mol. The minimum Gasteiger partial charge on any atom is -0.474 e. The summed E-state index contributed by atoms with van der Waals surface area (Å²) in [6.45, 7) is 5.59. The summed E-state index contributed by atoms with van der Waals surface area (Å²) in [5, 5.41) is 3.99. The molecule has 8 nitrogen and oxygen atoms in total. The number of thiophene rings is 1. The summed E-state index contributed by atoms with van der Waals surface area (Å²) in [4.78, 5) is 34.8. The summed E-state index contributed by atoms with van der Waals surface area (Å²) in [6.07, 6.45) is 8.93. The molecule has 2 aromatic rings. The molecule has 1 saturated carbocycles. The summed E-state index contributed by atoms with van der Waals surface area (Å²) in [5.74, 6) is 0.676. The second-order valence-corrected chi connectivity index (χ2v) is 11.2. The molecule has 2 heterocycles. The van der Waals surface area contributed by atoms with Gasteiger partial charge in [0, 0.05) is 17.3 Å². The summed E-state index contributed by atoms with van der Waals surface area (Å²) < 4.78 is 11.8. The summed E-state index contributed by atoms with van der Waals surface area (Å²) in [6, 6.07) is 0.0946. The monoisotopic (exact) mass is 474 g/mol. The third-order valence-electron chi connectivity index (χ3n) is 6.34. The molecule has 0 unspecified atom stereocenters. The maximum atomic E-state index is 12.1. The van der Waals surface area contributed by atoms with Crippen LogP contribution in [0.2, 0.25) is 0 Å². The third-order valence-corrected chi connectivity index (χ3v) is 7.52. The number of hydrogen-bond donors (Lipinski definition) is 2. The quantitative estimate of drug-likeness (QED) is 0.632. The van der Waals surface area contributed by atoms with Crippen LogP contribution < -0.4 is 15.8 Å². The van der Waals surface area contributed by atoms with E-state index in [1.54, 1.807) is 17.7 Å². The number of carbonyl (C=O) groups is 2. The fourth-order valence-electron chi connectivity index (χ4n) is 4.90. The van der Waals surface area contributed by atoms with Crippen molar-refractivity contribution < 1.29 is 19.1 Å². The van der Waals surface area contributed by atoms with Crippen LogP contribution >= 0.6 is 11.3 Å². The molecule has 2 amide bonds. The number of aryl methyl sites for hydroxylation is 1. The number of fused-ring (bicyclic) bond motifs is 3. The van der Waals surface area contributed by atoms with E-state index in [2.05, 4.69) is 15.3 Å². The number of nitrogens with two attached hydrogens (primary N) is 1. The van der Waals surface area contributed by atoms with Crippen molar-refractivity contribution in [2.75, 3.05) is 0 Å². The van der Waals surface area contributed by atoms with E-state index >= 15 is 0 Å². The lowest BCUT2D eigenvalue weighted by atomic mass is 9.83. The zero-order valence-electron chi connectivity index (χ0n) is 19.7. The molecular weight excluding hydrogens is 440 g/mol. The number of aromatic nitrogens is 2. The van der Waals surface area contributed by atoms with Gasteiger partial charge in [-0.3, -0.25) is 4.79 Å². The minimum absolute atomic E-state index is 0.0444.